The molecular weight excluding hydrogens is 142 g/mol. The Morgan fingerprint density at radius 1 is 1.55 bits per heavy atom. The van der Waals surface area contributed by atoms with Crippen LogP contribution in [-0.4, -0.2) is 16.0 Å². The highest BCUT2D eigenvalue weighted by Gasteiger charge is 1.96. The van der Waals surface area contributed by atoms with Gasteiger partial charge in [-0.25, -0.2) is 0 Å². The first-order valence-corrected chi connectivity index (χ1v) is 3.14. The third-order valence-electron chi connectivity index (χ3n) is 1.34. The standard InChI is InChI=1S/C8H8NO2/c1-6(9-11)7-2-4-8(10)5-3-7/h2,4-5,10-11H,1H3. The van der Waals surface area contributed by atoms with Gasteiger partial charge in [-0.15, -0.1) is 0 Å². The number of rotatable bonds is 1. The maximum atomic E-state index is 8.88. The van der Waals surface area contributed by atoms with Crippen molar-refractivity contribution in [3.8, 4) is 5.75 Å². The summed E-state index contributed by atoms with van der Waals surface area (Å²) < 4.78 is 0. The summed E-state index contributed by atoms with van der Waals surface area (Å²) in [4.78, 5) is 0. The van der Waals surface area contributed by atoms with E-state index in [1.165, 1.54) is 12.1 Å². The van der Waals surface area contributed by atoms with Crippen molar-refractivity contribution in [1.82, 2.24) is 0 Å². The largest absolute Gasteiger partial charge is 0.508 e. The van der Waals surface area contributed by atoms with Gasteiger partial charge in [0.25, 0.3) is 0 Å². The summed E-state index contributed by atoms with van der Waals surface area (Å²) in [6.45, 7) is 1.66. The third kappa shape index (κ3) is 1.70. The average molecular weight is 150 g/mol. The summed E-state index contributed by atoms with van der Waals surface area (Å²) in [5, 5.41) is 20.2. The lowest BCUT2D eigenvalue weighted by Crippen LogP contribution is -1.92. The van der Waals surface area contributed by atoms with Crippen molar-refractivity contribution in [3.63, 3.8) is 0 Å². The molecule has 0 aliphatic rings. The van der Waals surface area contributed by atoms with Gasteiger partial charge in [-0.2, -0.15) is 0 Å². The van der Waals surface area contributed by atoms with Gasteiger partial charge < -0.3 is 10.3 Å². The molecule has 0 aliphatic carbocycles. The molecule has 0 spiro atoms. The van der Waals surface area contributed by atoms with Crippen LogP contribution < -0.4 is 0 Å². The van der Waals surface area contributed by atoms with Gasteiger partial charge >= 0.3 is 0 Å². The molecule has 0 atom stereocenters. The summed E-state index contributed by atoms with van der Waals surface area (Å²) in [5.74, 6) is 0.152. The highest BCUT2D eigenvalue weighted by Crippen LogP contribution is 2.09. The molecule has 11 heavy (non-hydrogen) atoms. The second-order valence-corrected chi connectivity index (χ2v) is 2.15. The average Bonchev–Trinajstić information content (AvgIpc) is 2.05. The van der Waals surface area contributed by atoms with Crippen LogP contribution in [0.4, 0.5) is 0 Å². The smallest absolute Gasteiger partial charge is 0.116 e. The highest BCUT2D eigenvalue weighted by molar-refractivity contribution is 5.98. The van der Waals surface area contributed by atoms with Crippen LogP contribution in [0.5, 0.6) is 5.75 Å². The molecule has 1 radical (unpaired) electrons. The Morgan fingerprint density at radius 2 is 2.27 bits per heavy atom. The zero-order valence-electron chi connectivity index (χ0n) is 6.07. The summed E-state index contributed by atoms with van der Waals surface area (Å²) in [6.07, 6.45) is 0. The van der Waals surface area contributed by atoms with Crippen LogP contribution in [0.1, 0.15) is 12.5 Å². The lowest BCUT2D eigenvalue weighted by atomic mass is 10.1. The Bertz CT molecular complexity index is 264. The Labute approximate surface area is 64.6 Å². The molecule has 3 nitrogen and oxygen atoms in total. The zero-order valence-corrected chi connectivity index (χ0v) is 6.07. The van der Waals surface area contributed by atoms with E-state index in [-0.39, 0.29) is 5.75 Å². The quantitative estimate of drug-likeness (QED) is 0.361. The molecule has 0 heterocycles. The minimum absolute atomic E-state index is 0.152. The maximum Gasteiger partial charge on any atom is 0.116 e. The molecule has 1 rings (SSSR count). The topological polar surface area (TPSA) is 52.8 Å². The Balaban J connectivity index is 2.99. The van der Waals surface area contributed by atoms with Gasteiger partial charge in [0.1, 0.15) is 5.75 Å². The van der Waals surface area contributed by atoms with Gasteiger partial charge in [0, 0.05) is 5.56 Å². The molecule has 2 N–H and O–H groups in total. The van der Waals surface area contributed by atoms with Gasteiger partial charge in [-0.05, 0) is 31.2 Å². The molecule has 0 saturated carbocycles. The van der Waals surface area contributed by atoms with Gasteiger partial charge in [0.2, 0.25) is 0 Å². The van der Waals surface area contributed by atoms with E-state index in [0.29, 0.717) is 11.3 Å². The fourth-order valence-corrected chi connectivity index (χ4v) is 0.696. The minimum Gasteiger partial charge on any atom is -0.508 e. The monoisotopic (exact) mass is 150 g/mol. The van der Waals surface area contributed by atoms with Gasteiger partial charge in [0.05, 0.1) is 5.71 Å². The zero-order chi connectivity index (χ0) is 8.27. The fourth-order valence-electron chi connectivity index (χ4n) is 0.696. The number of oxime groups is 1. The minimum atomic E-state index is 0.152. The Morgan fingerprint density at radius 3 is 2.73 bits per heavy atom. The summed E-state index contributed by atoms with van der Waals surface area (Å²) >= 11 is 0. The van der Waals surface area contributed by atoms with Crippen molar-refractivity contribution in [3.05, 3.63) is 29.8 Å². The molecule has 3 heteroatoms. The number of hydrogen-bond acceptors (Lipinski definition) is 3. The first kappa shape index (κ1) is 7.60. The third-order valence-corrected chi connectivity index (χ3v) is 1.34. The van der Waals surface area contributed by atoms with Crippen molar-refractivity contribution in [1.29, 1.82) is 0 Å². The van der Waals surface area contributed by atoms with Gasteiger partial charge in [-0.3, -0.25) is 0 Å². The molecule has 0 aliphatic heterocycles. The van der Waals surface area contributed by atoms with Crippen LogP contribution in [-0.2, 0) is 0 Å². The van der Waals surface area contributed by atoms with Crippen LogP contribution in [0.25, 0.3) is 0 Å². The van der Waals surface area contributed by atoms with Crippen LogP contribution in [0.15, 0.2) is 23.4 Å². The number of phenols is 1. The highest BCUT2D eigenvalue weighted by atomic mass is 16.4. The first-order valence-electron chi connectivity index (χ1n) is 3.14. The van der Waals surface area contributed by atoms with E-state index < -0.39 is 0 Å². The van der Waals surface area contributed by atoms with Crippen LogP contribution in [0.3, 0.4) is 0 Å². The summed E-state index contributed by atoms with van der Waals surface area (Å²) in [5.41, 5.74) is 1.15. The van der Waals surface area contributed by atoms with E-state index in [2.05, 4.69) is 11.2 Å². The van der Waals surface area contributed by atoms with Crippen LogP contribution in [0, 0.1) is 6.07 Å². The van der Waals surface area contributed by atoms with Gasteiger partial charge in [0.15, 0.2) is 0 Å². The molecule has 1 aromatic carbocycles. The van der Waals surface area contributed by atoms with Gasteiger partial charge in [-0.1, -0.05) is 5.16 Å². The number of phenolic OH excluding ortho intramolecular Hbond substituents is 1. The van der Waals surface area contributed by atoms with E-state index in [4.69, 9.17) is 10.3 Å². The normalized spacial score (nSPS) is 11.5. The molecule has 0 amide bonds. The molecular formula is C8H8NO2. The van der Waals surface area contributed by atoms with E-state index in [9.17, 15) is 0 Å². The SMILES string of the molecule is CC(=NO)c1[c]cc(O)cc1. The number of nitrogens with zero attached hydrogens (tertiary/aromatic N) is 1. The second-order valence-electron chi connectivity index (χ2n) is 2.15. The Hall–Kier alpha value is -1.51. The summed E-state index contributed by atoms with van der Waals surface area (Å²) in [6, 6.07) is 7.31. The van der Waals surface area contributed by atoms with E-state index >= 15 is 0 Å². The maximum absolute atomic E-state index is 8.88. The van der Waals surface area contributed by atoms with Crippen LogP contribution in [0.2, 0.25) is 0 Å². The molecule has 1 aromatic rings. The molecule has 57 valence electrons. The number of aromatic hydroxyl groups is 1. The van der Waals surface area contributed by atoms with Crippen LogP contribution >= 0.6 is 0 Å². The predicted octanol–water partition coefficient (Wildman–Crippen LogP) is 1.39. The van der Waals surface area contributed by atoms with E-state index in [1.54, 1.807) is 13.0 Å². The Kier molecular flexibility index (Phi) is 2.11. The molecule has 0 saturated heterocycles. The second kappa shape index (κ2) is 3.05. The van der Waals surface area contributed by atoms with Crippen molar-refractivity contribution < 1.29 is 10.3 Å². The lowest BCUT2D eigenvalue weighted by Gasteiger charge is -1.96. The predicted molar refractivity (Wildman–Crippen MR) is 40.9 cm³/mol. The van der Waals surface area contributed by atoms with Crippen molar-refractivity contribution in [2.24, 2.45) is 5.16 Å². The number of hydrogen-bond donors (Lipinski definition) is 2. The lowest BCUT2D eigenvalue weighted by molar-refractivity contribution is 0.319. The molecule has 0 fully saturated rings. The molecule has 0 unspecified atom stereocenters. The summed E-state index contributed by atoms with van der Waals surface area (Å²) in [7, 11) is 0. The first-order chi connectivity index (χ1) is 5.24. The number of benzene rings is 1. The van der Waals surface area contributed by atoms with Crippen molar-refractivity contribution >= 4 is 5.71 Å². The fraction of sp³-hybridized carbons (Fsp3) is 0.125. The van der Waals surface area contributed by atoms with Crippen molar-refractivity contribution in [2.75, 3.05) is 0 Å². The molecule has 0 aromatic heterocycles. The van der Waals surface area contributed by atoms with Crippen molar-refractivity contribution in [2.45, 2.75) is 6.92 Å². The van der Waals surface area contributed by atoms with E-state index in [0.717, 1.165) is 0 Å². The van der Waals surface area contributed by atoms with E-state index in [1.807, 2.05) is 0 Å². The molecule has 0 bridgehead atoms.